The Morgan fingerprint density at radius 1 is 1.33 bits per heavy atom. The number of carbonyl (C=O) groups excluding carboxylic acids is 1. The van der Waals surface area contributed by atoms with Crippen LogP contribution in [-0.4, -0.2) is 53.6 Å². The second kappa shape index (κ2) is 7.24. The molecule has 1 N–H and O–H groups in total. The molecule has 1 aliphatic rings. The summed E-state index contributed by atoms with van der Waals surface area (Å²) in [5.74, 6) is -0.111. The largest absolute Gasteiger partial charge is 0.481 e. The quantitative estimate of drug-likeness (QED) is 0.818. The van der Waals surface area contributed by atoms with E-state index < -0.39 is 5.97 Å². The normalized spacial score (nSPS) is 16.7. The van der Waals surface area contributed by atoms with Crippen LogP contribution in [0.2, 0.25) is 0 Å². The van der Waals surface area contributed by atoms with Gasteiger partial charge in [0.1, 0.15) is 0 Å². The Balaban J connectivity index is 2.32. The molecule has 1 heterocycles. The lowest BCUT2D eigenvalue weighted by Gasteiger charge is -2.34. The molecule has 0 aromatic heterocycles. The molecule has 0 aromatic rings. The van der Waals surface area contributed by atoms with Gasteiger partial charge in [-0.2, -0.15) is 0 Å². The molecule has 5 nitrogen and oxygen atoms in total. The van der Waals surface area contributed by atoms with Crippen LogP contribution in [0.3, 0.4) is 0 Å². The summed E-state index contributed by atoms with van der Waals surface area (Å²) in [4.78, 5) is 25.8. The van der Waals surface area contributed by atoms with E-state index in [0.717, 1.165) is 31.8 Å². The highest BCUT2D eigenvalue weighted by Crippen LogP contribution is 2.22. The monoisotopic (exact) mass is 256 g/mol. The number of hydrogen-bond acceptors (Lipinski definition) is 2. The number of nitrogens with zero attached hydrogens (tertiary/aromatic N) is 2. The molecule has 0 aromatic carbocycles. The zero-order valence-corrected chi connectivity index (χ0v) is 11.4. The summed E-state index contributed by atoms with van der Waals surface area (Å²) >= 11 is 0. The van der Waals surface area contributed by atoms with Crippen molar-refractivity contribution < 1.29 is 14.7 Å². The van der Waals surface area contributed by atoms with Crippen molar-refractivity contribution >= 4 is 12.0 Å². The van der Waals surface area contributed by atoms with Crippen molar-refractivity contribution in [3.63, 3.8) is 0 Å². The third-order valence-corrected chi connectivity index (χ3v) is 3.57. The van der Waals surface area contributed by atoms with Gasteiger partial charge in [0.25, 0.3) is 0 Å². The van der Waals surface area contributed by atoms with Gasteiger partial charge in [0.2, 0.25) is 0 Å². The SMILES string of the molecule is CCCC1CCN(C(=O)N(C)CCC(=O)O)CC1. The molecule has 5 heteroatoms. The van der Waals surface area contributed by atoms with E-state index in [1.54, 1.807) is 7.05 Å². The van der Waals surface area contributed by atoms with Crippen molar-refractivity contribution in [3.05, 3.63) is 0 Å². The lowest BCUT2D eigenvalue weighted by atomic mass is 9.93. The van der Waals surface area contributed by atoms with Crippen molar-refractivity contribution in [3.8, 4) is 0 Å². The first-order chi connectivity index (χ1) is 8.54. The van der Waals surface area contributed by atoms with Gasteiger partial charge in [-0.25, -0.2) is 4.79 Å². The second-order valence-corrected chi connectivity index (χ2v) is 5.07. The predicted molar refractivity (Wildman–Crippen MR) is 69.5 cm³/mol. The molecule has 104 valence electrons. The number of piperidine rings is 1. The van der Waals surface area contributed by atoms with Crippen LogP contribution in [0, 0.1) is 5.92 Å². The maximum atomic E-state index is 12.0. The lowest BCUT2D eigenvalue weighted by Crippen LogP contribution is -2.45. The van der Waals surface area contributed by atoms with Crippen molar-refractivity contribution in [1.82, 2.24) is 9.80 Å². The number of carboxylic acid groups (broad SMARTS) is 1. The number of carbonyl (C=O) groups is 2. The Morgan fingerprint density at radius 2 is 1.94 bits per heavy atom. The van der Waals surface area contributed by atoms with Crippen LogP contribution >= 0.6 is 0 Å². The van der Waals surface area contributed by atoms with E-state index in [4.69, 9.17) is 5.11 Å². The maximum Gasteiger partial charge on any atom is 0.319 e. The molecule has 2 amide bonds. The first kappa shape index (κ1) is 14.8. The minimum Gasteiger partial charge on any atom is -0.481 e. The Morgan fingerprint density at radius 3 is 2.44 bits per heavy atom. The highest BCUT2D eigenvalue weighted by Gasteiger charge is 2.24. The Kier molecular flexibility index (Phi) is 5.95. The number of likely N-dealkylation sites (tertiary alicyclic amines) is 1. The Hall–Kier alpha value is -1.26. The molecule has 0 bridgehead atoms. The van der Waals surface area contributed by atoms with Crippen LogP contribution in [0.4, 0.5) is 4.79 Å². The third kappa shape index (κ3) is 4.55. The van der Waals surface area contributed by atoms with E-state index in [1.807, 2.05) is 4.90 Å². The van der Waals surface area contributed by atoms with Gasteiger partial charge in [0.05, 0.1) is 6.42 Å². The fraction of sp³-hybridized carbons (Fsp3) is 0.846. The second-order valence-electron chi connectivity index (χ2n) is 5.07. The number of aliphatic carboxylic acids is 1. The minimum absolute atomic E-state index is 0.00847. The van der Waals surface area contributed by atoms with Gasteiger partial charge in [-0.05, 0) is 18.8 Å². The molecule has 0 aliphatic carbocycles. The maximum absolute atomic E-state index is 12.0. The van der Waals surface area contributed by atoms with Gasteiger partial charge < -0.3 is 14.9 Å². The zero-order chi connectivity index (χ0) is 13.5. The topological polar surface area (TPSA) is 60.9 Å². The summed E-state index contributed by atoms with van der Waals surface area (Å²) in [7, 11) is 1.67. The van der Waals surface area contributed by atoms with E-state index in [-0.39, 0.29) is 19.0 Å². The smallest absolute Gasteiger partial charge is 0.319 e. The van der Waals surface area contributed by atoms with Crippen LogP contribution in [0.15, 0.2) is 0 Å². The fourth-order valence-electron chi connectivity index (χ4n) is 2.42. The third-order valence-electron chi connectivity index (χ3n) is 3.57. The summed E-state index contributed by atoms with van der Waals surface area (Å²) in [6.07, 6.45) is 4.61. The molecule has 0 unspecified atom stereocenters. The fourth-order valence-corrected chi connectivity index (χ4v) is 2.42. The molecule has 1 fully saturated rings. The van der Waals surface area contributed by atoms with Crippen molar-refractivity contribution in [2.75, 3.05) is 26.7 Å². The number of rotatable bonds is 5. The van der Waals surface area contributed by atoms with Gasteiger partial charge in [0, 0.05) is 26.7 Å². The summed E-state index contributed by atoms with van der Waals surface area (Å²) < 4.78 is 0. The zero-order valence-electron chi connectivity index (χ0n) is 11.4. The van der Waals surface area contributed by atoms with Crippen LogP contribution < -0.4 is 0 Å². The summed E-state index contributed by atoms with van der Waals surface area (Å²) in [6, 6.07) is -0.0359. The first-order valence-electron chi connectivity index (χ1n) is 6.76. The van der Waals surface area contributed by atoms with E-state index >= 15 is 0 Å². The van der Waals surface area contributed by atoms with Gasteiger partial charge in [-0.1, -0.05) is 19.8 Å². The molecular weight excluding hydrogens is 232 g/mol. The Labute approximate surface area is 109 Å². The summed E-state index contributed by atoms with van der Waals surface area (Å²) in [5.41, 5.74) is 0. The van der Waals surface area contributed by atoms with E-state index in [0.29, 0.717) is 0 Å². The van der Waals surface area contributed by atoms with Crippen LogP contribution in [0.5, 0.6) is 0 Å². The highest BCUT2D eigenvalue weighted by molar-refractivity contribution is 5.75. The first-order valence-corrected chi connectivity index (χ1v) is 6.76. The molecule has 0 spiro atoms. The molecule has 0 saturated carbocycles. The van der Waals surface area contributed by atoms with Crippen molar-refractivity contribution in [2.24, 2.45) is 5.92 Å². The molecule has 0 radical (unpaired) electrons. The van der Waals surface area contributed by atoms with E-state index in [9.17, 15) is 9.59 Å². The van der Waals surface area contributed by atoms with Gasteiger partial charge in [-0.15, -0.1) is 0 Å². The summed E-state index contributed by atoms with van der Waals surface area (Å²) in [5, 5.41) is 8.60. The number of urea groups is 1. The van der Waals surface area contributed by atoms with Gasteiger partial charge >= 0.3 is 12.0 Å². The average molecular weight is 256 g/mol. The number of carboxylic acids is 1. The lowest BCUT2D eigenvalue weighted by molar-refractivity contribution is -0.137. The van der Waals surface area contributed by atoms with Crippen molar-refractivity contribution in [2.45, 2.75) is 39.0 Å². The highest BCUT2D eigenvalue weighted by atomic mass is 16.4. The number of amides is 2. The number of hydrogen-bond donors (Lipinski definition) is 1. The molecule has 1 aliphatic heterocycles. The molecular formula is C13H24N2O3. The van der Waals surface area contributed by atoms with Crippen LogP contribution in [0.1, 0.15) is 39.0 Å². The molecule has 1 rings (SSSR count). The predicted octanol–water partition coefficient (Wildman–Crippen LogP) is 2.03. The van der Waals surface area contributed by atoms with Crippen LogP contribution in [-0.2, 0) is 4.79 Å². The molecule has 0 atom stereocenters. The van der Waals surface area contributed by atoms with E-state index in [1.165, 1.54) is 17.7 Å². The standard InChI is InChI=1S/C13H24N2O3/c1-3-4-11-5-9-15(10-6-11)13(18)14(2)8-7-12(16)17/h11H,3-10H2,1-2H3,(H,16,17). The molecule has 1 saturated heterocycles. The van der Waals surface area contributed by atoms with E-state index in [2.05, 4.69) is 6.92 Å². The van der Waals surface area contributed by atoms with Gasteiger partial charge in [-0.3, -0.25) is 4.79 Å². The van der Waals surface area contributed by atoms with Crippen LogP contribution in [0.25, 0.3) is 0 Å². The summed E-state index contributed by atoms with van der Waals surface area (Å²) in [6.45, 7) is 4.09. The Bertz CT molecular complexity index is 286. The van der Waals surface area contributed by atoms with Gasteiger partial charge in [0.15, 0.2) is 0 Å². The van der Waals surface area contributed by atoms with Crippen molar-refractivity contribution in [1.29, 1.82) is 0 Å². The molecule has 18 heavy (non-hydrogen) atoms. The average Bonchev–Trinajstić information content (AvgIpc) is 2.36. The minimum atomic E-state index is -0.865.